The zero-order valence-electron chi connectivity index (χ0n) is 14.2. The van der Waals surface area contributed by atoms with E-state index in [0.29, 0.717) is 11.4 Å². The van der Waals surface area contributed by atoms with Crippen LogP contribution >= 0.6 is 11.6 Å². The van der Waals surface area contributed by atoms with Crippen molar-refractivity contribution in [2.24, 2.45) is 10.2 Å². The number of nitro groups is 2. The lowest BCUT2D eigenvalue weighted by Crippen LogP contribution is -2.13. The number of rotatable bonds is 5. The third-order valence-electron chi connectivity index (χ3n) is 3.75. The van der Waals surface area contributed by atoms with Crippen LogP contribution < -0.4 is 5.56 Å². The highest BCUT2D eigenvalue weighted by Gasteiger charge is 2.15. The third-order valence-corrected chi connectivity index (χ3v) is 4.07. The Labute approximate surface area is 161 Å². The molecule has 0 aliphatic rings. The molecule has 0 saturated carbocycles. The topological polar surface area (TPSA) is 149 Å². The van der Waals surface area contributed by atoms with Crippen LogP contribution in [0.3, 0.4) is 0 Å². The average molecular weight is 403 g/mol. The molecular formula is C16H11ClN6O5. The quantitative estimate of drug-likeness (QED) is 0.382. The maximum atomic E-state index is 12.6. The van der Waals surface area contributed by atoms with E-state index in [1.54, 1.807) is 6.92 Å². The van der Waals surface area contributed by atoms with Gasteiger partial charge in [-0.15, -0.1) is 5.11 Å². The van der Waals surface area contributed by atoms with Crippen molar-refractivity contribution in [2.75, 3.05) is 0 Å². The number of nitrogens with zero attached hydrogens (tertiary/aromatic N) is 5. The summed E-state index contributed by atoms with van der Waals surface area (Å²) in [6.07, 6.45) is 0. The Morgan fingerprint density at radius 2 is 1.71 bits per heavy atom. The van der Waals surface area contributed by atoms with Crippen molar-refractivity contribution >= 4 is 34.4 Å². The molecule has 11 nitrogen and oxygen atoms in total. The summed E-state index contributed by atoms with van der Waals surface area (Å²) >= 11 is 5.75. The van der Waals surface area contributed by atoms with Gasteiger partial charge in [0.25, 0.3) is 16.9 Å². The first-order valence-electron chi connectivity index (χ1n) is 7.70. The average Bonchev–Trinajstić information content (AvgIpc) is 2.95. The Kier molecular flexibility index (Phi) is 5.00. The number of aromatic amines is 1. The zero-order valence-corrected chi connectivity index (χ0v) is 15.0. The molecule has 0 bridgehead atoms. The van der Waals surface area contributed by atoms with Gasteiger partial charge in [0.05, 0.1) is 26.9 Å². The van der Waals surface area contributed by atoms with Crippen LogP contribution in [0.25, 0.3) is 5.69 Å². The predicted molar refractivity (Wildman–Crippen MR) is 100 cm³/mol. The van der Waals surface area contributed by atoms with Crippen molar-refractivity contribution in [1.82, 2.24) is 9.78 Å². The summed E-state index contributed by atoms with van der Waals surface area (Å²) < 4.78 is 1.16. The highest BCUT2D eigenvalue weighted by atomic mass is 35.5. The molecule has 0 spiro atoms. The summed E-state index contributed by atoms with van der Waals surface area (Å²) in [4.78, 5) is 33.0. The number of azo groups is 1. The van der Waals surface area contributed by atoms with Crippen molar-refractivity contribution < 1.29 is 9.85 Å². The zero-order chi connectivity index (χ0) is 20.4. The molecule has 1 N–H and O–H groups in total. The Hall–Kier alpha value is -3.86. The van der Waals surface area contributed by atoms with E-state index in [2.05, 4.69) is 15.3 Å². The van der Waals surface area contributed by atoms with E-state index in [9.17, 15) is 25.0 Å². The molecule has 0 atom stereocenters. The summed E-state index contributed by atoms with van der Waals surface area (Å²) in [5, 5.41) is 32.2. The standard InChI is InChI=1S/C16H11ClN6O5/c1-9-15(19-18-10-2-7-13(17)14(8-10)23(27)28)16(24)21(20-9)11-3-5-12(6-4-11)22(25)26/h2-8,20H,1H3. The molecule has 1 heterocycles. The second kappa shape index (κ2) is 7.40. The number of halogens is 1. The van der Waals surface area contributed by atoms with Crippen molar-refractivity contribution in [3.8, 4) is 5.69 Å². The number of benzene rings is 2. The Morgan fingerprint density at radius 3 is 2.32 bits per heavy atom. The van der Waals surface area contributed by atoms with Crippen LogP contribution in [0.15, 0.2) is 57.5 Å². The van der Waals surface area contributed by atoms with E-state index in [-0.39, 0.29) is 27.8 Å². The maximum Gasteiger partial charge on any atom is 0.299 e. The number of hydrogen-bond acceptors (Lipinski definition) is 7. The lowest BCUT2D eigenvalue weighted by molar-refractivity contribution is -0.385. The summed E-state index contributed by atoms with van der Waals surface area (Å²) in [7, 11) is 0. The van der Waals surface area contributed by atoms with Crippen LogP contribution in [0.1, 0.15) is 5.69 Å². The smallest absolute Gasteiger partial charge is 0.293 e. The molecule has 0 radical (unpaired) electrons. The predicted octanol–water partition coefficient (Wildman–Crippen LogP) is 4.36. The molecule has 12 heteroatoms. The van der Waals surface area contributed by atoms with Crippen LogP contribution in [0.4, 0.5) is 22.7 Å². The van der Waals surface area contributed by atoms with Crippen LogP contribution in [0.5, 0.6) is 0 Å². The molecule has 0 aliphatic carbocycles. The highest BCUT2D eigenvalue weighted by molar-refractivity contribution is 6.32. The SMILES string of the molecule is Cc1[nH]n(-c2ccc([N+](=O)[O-])cc2)c(=O)c1N=Nc1ccc(Cl)c([N+](=O)[O-])c1. The Balaban J connectivity index is 1.95. The summed E-state index contributed by atoms with van der Waals surface area (Å²) in [5.41, 5.74) is -0.0399. The van der Waals surface area contributed by atoms with Gasteiger partial charge in [-0.2, -0.15) is 5.11 Å². The summed E-state index contributed by atoms with van der Waals surface area (Å²) in [6.45, 7) is 1.60. The maximum absolute atomic E-state index is 12.6. The van der Waals surface area contributed by atoms with Gasteiger partial charge >= 0.3 is 0 Å². The molecule has 2 aromatic carbocycles. The summed E-state index contributed by atoms with van der Waals surface area (Å²) in [6, 6.07) is 9.25. The fraction of sp³-hybridized carbons (Fsp3) is 0.0625. The number of H-pyrrole nitrogens is 1. The minimum Gasteiger partial charge on any atom is -0.293 e. The molecule has 142 valence electrons. The minimum absolute atomic E-state index is 0.00374. The van der Waals surface area contributed by atoms with E-state index >= 15 is 0 Å². The van der Waals surface area contributed by atoms with Crippen molar-refractivity contribution in [3.05, 3.63) is 83.8 Å². The first-order valence-corrected chi connectivity index (χ1v) is 8.08. The molecule has 0 fully saturated rings. The molecule has 0 amide bonds. The fourth-order valence-electron chi connectivity index (χ4n) is 2.37. The molecule has 28 heavy (non-hydrogen) atoms. The number of non-ortho nitro benzene ring substituents is 1. The highest BCUT2D eigenvalue weighted by Crippen LogP contribution is 2.29. The van der Waals surface area contributed by atoms with Crippen LogP contribution in [-0.4, -0.2) is 19.6 Å². The van der Waals surface area contributed by atoms with Gasteiger partial charge in [-0.3, -0.25) is 30.1 Å². The van der Waals surface area contributed by atoms with E-state index < -0.39 is 15.4 Å². The lowest BCUT2D eigenvalue weighted by Gasteiger charge is -2.00. The molecule has 0 aliphatic heterocycles. The first-order chi connectivity index (χ1) is 13.3. The number of nitro benzene ring substituents is 2. The second-order valence-corrected chi connectivity index (χ2v) is 6.00. The van der Waals surface area contributed by atoms with Crippen LogP contribution in [-0.2, 0) is 0 Å². The monoisotopic (exact) mass is 402 g/mol. The summed E-state index contributed by atoms with van der Waals surface area (Å²) in [5.74, 6) is 0. The lowest BCUT2D eigenvalue weighted by atomic mass is 10.3. The number of aryl methyl sites for hydroxylation is 1. The van der Waals surface area contributed by atoms with Gasteiger partial charge in [0, 0.05) is 18.2 Å². The molecular weight excluding hydrogens is 392 g/mol. The molecule has 1 aromatic heterocycles. The molecule has 0 saturated heterocycles. The molecule has 3 rings (SSSR count). The Bertz CT molecular complexity index is 1170. The van der Waals surface area contributed by atoms with Gasteiger partial charge in [-0.1, -0.05) is 11.6 Å². The largest absolute Gasteiger partial charge is 0.299 e. The van der Waals surface area contributed by atoms with Crippen LogP contribution in [0.2, 0.25) is 5.02 Å². The first kappa shape index (κ1) is 18.9. The van der Waals surface area contributed by atoms with E-state index in [0.717, 1.165) is 10.7 Å². The van der Waals surface area contributed by atoms with Crippen LogP contribution in [0, 0.1) is 27.2 Å². The number of hydrogen-bond donors (Lipinski definition) is 1. The van der Waals surface area contributed by atoms with Gasteiger partial charge in [0.15, 0.2) is 5.69 Å². The minimum atomic E-state index is -0.648. The van der Waals surface area contributed by atoms with E-state index in [1.807, 2.05) is 0 Å². The fourth-order valence-corrected chi connectivity index (χ4v) is 2.56. The van der Waals surface area contributed by atoms with Crippen molar-refractivity contribution in [3.63, 3.8) is 0 Å². The third kappa shape index (κ3) is 3.64. The van der Waals surface area contributed by atoms with Gasteiger partial charge in [0.1, 0.15) is 5.02 Å². The van der Waals surface area contributed by atoms with Gasteiger partial charge < -0.3 is 0 Å². The van der Waals surface area contributed by atoms with Crippen molar-refractivity contribution in [2.45, 2.75) is 6.92 Å². The second-order valence-electron chi connectivity index (χ2n) is 5.59. The van der Waals surface area contributed by atoms with Crippen molar-refractivity contribution in [1.29, 1.82) is 0 Å². The van der Waals surface area contributed by atoms with Gasteiger partial charge in [-0.05, 0) is 31.2 Å². The number of aromatic nitrogens is 2. The van der Waals surface area contributed by atoms with Gasteiger partial charge in [-0.25, -0.2) is 4.68 Å². The van der Waals surface area contributed by atoms with E-state index in [1.165, 1.54) is 36.4 Å². The molecule has 3 aromatic rings. The Morgan fingerprint density at radius 1 is 1.04 bits per heavy atom. The number of nitrogens with one attached hydrogen (secondary N) is 1. The van der Waals surface area contributed by atoms with Gasteiger partial charge in [0.2, 0.25) is 0 Å². The van der Waals surface area contributed by atoms with E-state index in [4.69, 9.17) is 11.6 Å². The normalized spacial score (nSPS) is 11.1. The molecule has 0 unspecified atom stereocenters.